The van der Waals surface area contributed by atoms with Gasteiger partial charge in [0.25, 0.3) is 0 Å². The average Bonchev–Trinajstić information content (AvgIpc) is 2.48. The number of hydrogen-bond acceptors (Lipinski definition) is 3. The second-order valence-electron chi connectivity index (χ2n) is 3.85. The Bertz CT molecular complexity index is 306. The van der Waals surface area contributed by atoms with Crippen LogP contribution in [0, 0.1) is 0 Å². The van der Waals surface area contributed by atoms with Crippen LogP contribution in [0.15, 0.2) is 4.60 Å². The number of halogens is 1. The number of aromatic nitrogens is 3. The minimum atomic E-state index is -0.239. The van der Waals surface area contributed by atoms with Gasteiger partial charge in [-0.05, 0) is 28.8 Å². The van der Waals surface area contributed by atoms with Gasteiger partial charge in [-0.2, -0.15) is 0 Å². The van der Waals surface area contributed by atoms with Crippen LogP contribution in [-0.2, 0) is 7.05 Å². The summed E-state index contributed by atoms with van der Waals surface area (Å²) in [7, 11) is 1.87. The molecule has 1 aliphatic carbocycles. The fraction of sp³-hybridized carbons (Fsp3) is 0.778. The quantitative estimate of drug-likeness (QED) is 0.834. The molecule has 14 heavy (non-hydrogen) atoms. The zero-order chi connectivity index (χ0) is 10.1. The summed E-state index contributed by atoms with van der Waals surface area (Å²) in [6.07, 6.45) is 3.99. The van der Waals surface area contributed by atoms with E-state index in [4.69, 9.17) is 0 Å². The molecule has 5 heteroatoms. The third kappa shape index (κ3) is 1.70. The van der Waals surface area contributed by atoms with Gasteiger partial charge in [-0.3, -0.25) is 4.68 Å². The summed E-state index contributed by atoms with van der Waals surface area (Å²) in [5, 5.41) is 17.8. The van der Waals surface area contributed by atoms with Crippen LogP contribution < -0.4 is 0 Å². The number of aryl methyl sites for hydroxylation is 1. The van der Waals surface area contributed by atoms with E-state index in [9.17, 15) is 5.11 Å². The van der Waals surface area contributed by atoms with Crippen molar-refractivity contribution in [1.82, 2.24) is 15.0 Å². The predicted molar refractivity (Wildman–Crippen MR) is 55.9 cm³/mol. The van der Waals surface area contributed by atoms with Gasteiger partial charge in [-0.25, -0.2) is 0 Å². The number of aliphatic hydroxyl groups excluding tert-OH is 1. The molecule has 0 saturated heterocycles. The highest BCUT2D eigenvalue weighted by Crippen LogP contribution is 2.35. The Balaban J connectivity index is 2.28. The van der Waals surface area contributed by atoms with Crippen molar-refractivity contribution in [3.05, 3.63) is 10.3 Å². The van der Waals surface area contributed by atoms with Crippen molar-refractivity contribution in [1.29, 1.82) is 0 Å². The molecule has 0 aliphatic heterocycles. The Hall–Kier alpha value is -0.420. The van der Waals surface area contributed by atoms with Gasteiger partial charge in [0.05, 0.1) is 11.8 Å². The molecule has 0 spiro atoms. The molecule has 1 fully saturated rings. The van der Waals surface area contributed by atoms with E-state index in [1.54, 1.807) is 4.68 Å². The summed E-state index contributed by atoms with van der Waals surface area (Å²) < 4.78 is 2.52. The molecule has 1 saturated carbocycles. The maximum atomic E-state index is 9.90. The first-order valence-corrected chi connectivity index (χ1v) is 5.72. The van der Waals surface area contributed by atoms with Gasteiger partial charge in [0.15, 0.2) is 4.60 Å². The third-order valence-electron chi connectivity index (χ3n) is 2.91. The first-order valence-electron chi connectivity index (χ1n) is 4.93. The minimum absolute atomic E-state index is 0.193. The van der Waals surface area contributed by atoms with E-state index in [1.807, 2.05) is 7.05 Å². The molecule has 1 aliphatic rings. The summed E-state index contributed by atoms with van der Waals surface area (Å²) >= 11 is 3.37. The largest absolute Gasteiger partial charge is 0.392 e. The van der Waals surface area contributed by atoms with Crippen LogP contribution in [0.25, 0.3) is 0 Å². The topological polar surface area (TPSA) is 50.9 Å². The van der Waals surface area contributed by atoms with Crippen LogP contribution in [0.4, 0.5) is 0 Å². The highest BCUT2D eigenvalue weighted by molar-refractivity contribution is 9.10. The summed E-state index contributed by atoms with van der Waals surface area (Å²) in [6.45, 7) is 0. The Labute approximate surface area is 91.4 Å². The van der Waals surface area contributed by atoms with Gasteiger partial charge < -0.3 is 5.11 Å². The summed E-state index contributed by atoms with van der Waals surface area (Å²) in [5.41, 5.74) is 1.03. The Morgan fingerprint density at radius 1 is 1.43 bits per heavy atom. The predicted octanol–water partition coefficient (Wildman–Crippen LogP) is 1.60. The summed E-state index contributed by atoms with van der Waals surface area (Å²) in [5.74, 6) is 0.193. The van der Waals surface area contributed by atoms with Gasteiger partial charge >= 0.3 is 0 Å². The Kier molecular flexibility index (Phi) is 2.88. The third-order valence-corrected chi connectivity index (χ3v) is 3.47. The lowest BCUT2D eigenvalue weighted by molar-refractivity contribution is 0.102. The normalized spacial score (nSPS) is 27.9. The van der Waals surface area contributed by atoms with E-state index < -0.39 is 0 Å². The smallest absolute Gasteiger partial charge is 0.151 e. The van der Waals surface area contributed by atoms with E-state index in [-0.39, 0.29) is 12.0 Å². The lowest BCUT2D eigenvalue weighted by Crippen LogP contribution is -2.24. The first-order chi connectivity index (χ1) is 6.70. The van der Waals surface area contributed by atoms with Gasteiger partial charge in [-0.15, -0.1) is 5.10 Å². The standard InChI is InChI=1S/C9H14BrN3O/c1-13-8(9(10)11-12-13)6-4-2-3-5-7(6)14/h6-7,14H,2-5H2,1H3. The van der Waals surface area contributed by atoms with E-state index in [1.165, 1.54) is 6.42 Å². The first kappa shape index (κ1) is 10.1. The van der Waals surface area contributed by atoms with Gasteiger partial charge in [0.2, 0.25) is 0 Å². The fourth-order valence-electron chi connectivity index (χ4n) is 2.16. The molecule has 4 nitrogen and oxygen atoms in total. The van der Waals surface area contributed by atoms with Crippen molar-refractivity contribution in [3.63, 3.8) is 0 Å². The lowest BCUT2D eigenvalue weighted by Gasteiger charge is -2.27. The molecule has 2 unspecified atom stereocenters. The molecule has 1 heterocycles. The van der Waals surface area contributed by atoms with E-state index in [0.717, 1.165) is 29.6 Å². The van der Waals surface area contributed by atoms with Gasteiger partial charge in [0.1, 0.15) is 0 Å². The molecule has 0 aromatic carbocycles. The highest BCUT2D eigenvalue weighted by Gasteiger charge is 2.29. The highest BCUT2D eigenvalue weighted by atomic mass is 79.9. The van der Waals surface area contributed by atoms with Crippen molar-refractivity contribution in [2.24, 2.45) is 7.05 Å². The molecule has 1 N–H and O–H groups in total. The fourth-order valence-corrected chi connectivity index (χ4v) is 2.78. The minimum Gasteiger partial charge on any atom is -0.392 e. The summed E-state index contributed by atoms with van der Waals surface area (Å²) in [4.78, 5) is 0. The zero-order valence-corrected chi connectivity index (χ0v) is 9.74. The number of rotatable bonds is 1. The van der Waals surface area contributed by atoms with Gasteiger partial charge in [-0.1, -0.05) is 18.1 Å². The maximum Gasteiger partial charge on any atom is 0.151 e. The van der Waals surface area contributed by atoms with Crippen LogP contribution in [0.2, 0.25) is 0 Å². The number of hydrogen-bond donors (Lipinski definition) is 1. The van der Waals surface area contributed by atoms with Crippen molar-refractivity contribution < 1.29 is 5.11 Å². The van der Waals surface area contributed by atoms with Crippen LogP contribution in [-0.4, -0.2) is 26.2 Å². The summed E-state index contributed by atoms with van der Waals surface area (Å²) in [6, 6.07) is 0. The molecule has 2 atom stereocenters. The molecule has 0 bridgehead atoms. The molecular weight excluding hydrogens is 246 g/mol. The average molecular weight is 260 g/mol. The Morgan fingerprint density at radius 3 is 2.71 bits per heavy atom. The number of aliphatic hydroxyl groups is 1. The van der Waals surface area contributed by atoms with E-state index in [2.05, 4.69) is 26.2 Å². The van der Waals surface area contributed by atoms with E-state index in [0.29, 0.717) is 0 Å². The number of nitrogens with zero attached hydrogens (tertiary/aromatic N) is 3. The SMILES string of the molecule is Cn1nnc(Br)c1C1CCCCC1O. The van der Waals surface area contributed by atoms with Crippen LogP contribution >= 0.6 is 15.9 Å². The molecular formula is C9H14BrN3O. The van der Waals surface area contributed by atoms with Crippen molar-refractivity contribution in [2.75, 3.05) is 0 Å². The lowest BCUT2D eigenvalue weighted by atomic mass is 9.84. The second kappa shape index (κ2) is 3.98. The molecule has 0 radical (unpaired) electrons. The van der Waals surface area contributed by atoms with Crippen LogP contribution in [0.1, 0.15) is 37.3 Å². The maximum absolute atomic E-state index is 9.90. The van der Waals surface area contributed by atoms with Crippen LogP contribution in [0.5, 0.6) is 0 Å². The molecule has 2 rings (SSSR count). The Morgan fingerprint density at radius 2 is 2.14 bits per heavy atom. The van der Waals surface area contributed by atoms with Crippen LogP contribution in [0.3, 0.4) is 0 Å². The van der Waals surface area contributed by atoms with E-state index >= 15 is 0 Å². The molecule has 1 aromatic rings. The molecule has 0 amide bonds. The van der Waals surface area contributed by atoms with Gasteiger partial charge in [0, 0.05) is 13.0 Å². The monoisotopic (exact) mass is 259 g/mol. The van der Waals surface area contributed by atoms with Crippen molar-refractivity contribution in [2.45, 2.75) is 37.7 Å². The second-order valence-corrected chi connectivity index (χ2v) is 4.60. The molecule has 1 aromatic heterocycles. The van der Waals surface area contributed by atoms with Crippen molar-refractivity contribution >= 4 is 15.9 Å². The molecule has 78 valence electrons. The zero-order valence-electron chi connectivity index (χ0n) is 8.15. The van der Waals surface area contributed by atoms with Crippen molar-refractivity contribution in [3.8, 4) is 0 Å².